The zero-order valence-electron chi connectivity index (χ0n) is 11.8. The van der Waals surface area contributed by atoms with E-state index in [1.165, 1.54) is 10.4 Å². The van der Waals surface area contributed by atoms with Crippen LogP contribution >= 0.6 is 22.9 Å². The van der Waals surface area contributed by atoms with E-state index in [0.29, 0.717) is 10.0 Å². The molecule has 0 saturated heterocycles. The maximum atomic E-state index is 12.7. The average Bonchev–Trinajstić information content (AvgIpc) is 2.83. The molecule has 0 fully saturated rings. The molecule has 2 aromatic rings. The zero-order valence-corrected chi connectivity index (χ0v) is 14.2. The van der Waals surface area contributed by atoms with Gasteiger partial charge in [-0.15, -0.1) is 11.3 Å². The van der Waals surface area contributed by atoms with Crippen LogP contribution in [0, 0.1) is 0 Å². The van der Waals surface area contributed by atoms with Crippen LogP contribution in [0.5, 0.6) is 0 Å². The van der Waals surface area contributed by atoms with Gasteiger partial charge in [0.2, 0.25) is 0 Å². The Kier molecular flexibility index (Phi) is 4.93. The lowest BCUT2D eigenvalue weighted by molar-refractivity contribution is 0.349. The summed E-state index contributed by atoms with van der Waals surface area (Å²) in [6.07, 6.45) is 0. The number of thiophene rings is 1. The van der Waals surface area contributed by atoms with Crippen LogP contribution < -0.4 is 5.73 Å². The molecule has 2 rings (SSSR count). The summed E-state index contributed by atoms with van der Waals surface area (Å²) in [7, 11) is -3.56. The second kappa shape index (κ2) is 6.36. The standard InChI is InChI=1S/C14H17ClN2O2S2/c1-10(2)17(9-11-4-3-5-12(16)8-11)21(18,19)14-7-6-13(15)20-14/h3-8,10H,9,16H2,1-2H3. The molecular formula is C14H17ClN2O2S2. The predicted octanol–water partition coefficient (Wildman–Crippen LogP) is 3.58. The Balaban J connectivity index is 2.35. The first-order valence-corrected chi connectivity index (χ1v) is 9.06. The van der Waals surface area contributed by atoms with Gasteiger partial charge in [0.05, 0.1) is 4.34 Å². The van der Waals surface area contributed by atoms with Crippen LogP contribution in [0.3, 0.4) is 0 Å². The van der Waals surface area contributed by atoms with Gasteiger partial charge >= 0.3 is 0 Å². The molecule has 2 N–H and O–H groups in total. The molecule has 21 heavy (non-hydrogen) atoms. The molecule has 1 aromatic carbocycles. The third-order valence-electron chi connectivity index (χ3n) is 2.98. The molecule has 0 radical (unpaired) electrons. The monoisotopic (exact) mass is 344 g/mol. The van der Waals surface area contributed by atoms with Crippen molar-refractivity contribution in [2.75, 3.05) is 5.73 Å². The summed E-state index contributed by atoms with van der Waals surface area (Å²) in [5.74, 6) is 0. The summed E-state index contributed by atoms with van der Waals surface area (Å²) in [5, 5.41) is 0. The topological polar surface area (TPSA) is 63.4 Å². The first-order chi connectivity index (χ1) is 9.80. The van der Waals surface area contributed by atoms with E-state index in [1.807, 2.05) is 26.0 Å². The van der Waals surface area contributed by atoms with Crippen molar-refractivity contribution in [2.24, 2.45) is 0 Å². The Morgan fingerprint density at radius 1 is 1.29 bits per heavy atom. The summed E-state index contributed by atoms with van der Waals surface area (Å²) in [5.41, 5.74) is 7.23. The summed E-state index contributed by atoms with van der Waals surface area (Å²) in [6, 6.07) is 10.2. The summed E-state index contributed by atoms with van der Waals surface area (Å²) in [6.45, 7) is 3.97. The Morgan fingerprint density at radius 2 is 2.00 bits per heavy atom. The van der Waals surface area contributed by atoms with Crippen LogP contribution in [0.25, 0.3) is 0 Å². The Morgan fingerprint density at radius 3 is 2.52 bits per heavy atom. The summed E-state index contributed by atoms with van der Waals surface area (Å²) < 4.78 is 27.6. The molecule has 4 nitrogen and oxygen atoms in total. The number of hydrogen-bond donors (Lipinski definition) is 1. The summed E-state index contributed by atoms with van der Waals surface area (Å²) >= 11 is 6.92. The van der Waals surface area contributed by atoms with E-state index < -0.39 is 10.0 Å². The molecule has 0 unspecified atom stereocenters. The molecule has 0 saturated carbocycles. The third kappa shape index (κ3) is 3.77. The van der Waals surface area contributed by atoms with Crippen molar-refractivity contribution >= 4 is 38.6 Å². The van der Waals surface area contributed by atoms with Gasteiger partial charge in [-0.1, -0.05) is 23.7 Å². The van der Waals surface area contributed by atoms with Gasteiger partial charge in [-0.25, -0.2) is 8.42 Å². The van der Waals surface area contributed by atoms with Gasteiger partial charge in [0.15, 0.2) is 0 Å². The molecule has 1 heterocycles. The van der Waals surface area contributed by atoms with Crippen molar-refractivity contribution in [1.82, 2.24) is 4.31 Å². The fourth-order valence-electron chi connectivity index (χ4n) is 1.97. The van der Waals surface area contributed by atoms with E-state index in [9.17, 15) is 8.42 Å². The van der Waals surface area contributed by atoms with Crippen LogP contribution in [0.15, 0.2) is 40.6 Å². The highest BCUT2D eigenvalue weighted by atomic mass is 35.5. The van der Waals surface area contributed by atoms with Crippen LogP contribution in [0.2, 0.25) is 4.34 Å². The van der Waals surface area contributed by atoms with E-state index in [-0.39, 0.29) is 16.8 Å². The number of hydrogen-bond acceptors (Lipinski definition) is 4. The Hall–Kier alpha value is -1.08. The van der Waals surface area contributed by atoms with Gasteiger partial charge in [-0.05, 0) is 43.7 Å². The number of nitrogens with zero attached hydrogens (tertiary/aromatic N) is 1. The van der Waals surface area contributed by atoms with Crippen molar-refractivity contribution in [3.05, 3.63) is 46.3 Å². The third-order valence-corrected chi connectivity index (χ3v) is 6.70. The minimum Gasteiger partial charge on any atom is -0.399 e. The van der Waals surface area contributed by atoms with Crippen LogP contribution in [-0.2, 0) is 16.6 Å². The second-order valence-electron chi connectivity index (χ2n) is 4.95. The molecule has 0 aliphatic rings. The van der Waals surface area contributed by atoms with Gasteiger partial charge < -0.3 is 5.73 Å². The molecule has 0 spiro atoms. The van der Waals surface area contributed by atoms with Gasteiger partial charge in [0.25, 0.3) is 10.0 Å². The molecule has 7 heteroatoms. The molecule has 114 valence electrons. The van der Waals surface area contributed by atoms with Crippen molar-refractivity contribution in [1.29, 1.82) is 0 Å². The Bertz CT molecular complexity index is 726. The van der Waals surface area contributed by atoms with E-state index in [4.69, 9.17) is 17.3 Å². The summed E-state index contributed by atoms with van der Waals surface area (Å²) in [4.78, 5) is 0. The zero-order chi connectivity index (χ0) is 15.6. The van der Waals surface area contributed by atoms with Gasteiger partial charge in [0, 0.05) is 18.3 Å². The molecule has 1 aromatic heterocycles. The smallest absolute Gasteiger partial charge is 0.253 e. The second-order valence-corrected chi connectivity index (χ2v) is 8.78. The van der Waals surface area contributed by atoms with Crippen LogP contribution in [0.4, 0.5) is 5.69 Å². The molecule has 0 atom stereocenters. The van der Waals surface area contributed by atoms with E-state index in [2.05, 4.69) is 0 Å². The average molecular weight is 345 g/mol. The fourth-order valence-corrected chi connectivity index (χ4v) is 5.21. The van der Waals surface area contributed by atoms with Gasteiger partial charge in [0.1, 0.15) is 4.21 Å². The normalized spacial score (nSPS) is 12.2. The fraction of sp³-hybridized carbons (Fsp3) is 0.286. The maximum absolute atomic E-state index is 12.7. The predicted molar refractivity (Wildman–Crippen MR) is 88.0 cm³/mol. The number of rotatable bonds is 5. The highest BCUT2D eigenvalue weighted by Gasteiger charge is 2.28. The molecule has 0 aliphatic heterocycles. The quantitative estimate of drug-likeness (QED) is 0.843. The number of sulfonamides is 1. The lowest BCUT2D eigenvalue weighted by Crippen LogP contribution is -2.36. The van der Waals surface area contributed by atoms with Gasteiger partial charge in [-0.3, -0.25) is 0 Å². The van der Waals surface area contributed by atoms with Gasteiger partial charge in [-0.2, -0.15) is 4.31 Å². The van der Waals surface area contributed by atoms with Crippen molar-refractivity contribution < 1.29 is 8.42 Å². The molecular weight excluding hydrogens is 328 g/mol. The first kappa shape index (κ1) is 16.3. The number of nitrogens with two attached hydrogens (primary N) is 1. The lowest BCUT2D eigenvalue weighted by Gasteiger charge is -2.25. The maximum Gasteiger partial charge on any atom is 0.253 e. The van der Waals surface area contributed by atoms with Crippen molar-refractivity contribution in [3.8, 4) is 0 Å². The first-order valence-electron chi connectivity index (χ1n) is 6.42. The lowest BCUT2D eigenvalue weighted by atomic mass is 10.2. The number of benzene rings is 1. The molecule has 0 bridgehead atoms. The highest BCUT2D eigenvalue weighted by molar-refractivity contribution is 7.91. The van der Waals surface area contributed by atoms with Crippen molar-refractivity contribution in [3.63, 3.8) is 0 Å². The van der Waals surface area contributed by atoms with Crippen molar-refractivity contribution in [2.45, 2.75) is 30.6 Å². The van der Waals surface area contributed by atoms with E-state index in [1.54, 1.807) is 18.2 Å². The minimum absolute atomic E-state index is 0.169. The molecule has 0 amide bonds. The number of halogens is 1. The van der Waals surface area contributed by atoms with E-state index >= 15 is 0 Å². The van der Waals surface area contributed by atoms with Crippen LogP contribution in [-0.4, -0.2) is 18.8 Å². The van der Waals surface area contributed by atoms with Crippen LogP contribution in [0.1, 0.15) is 19.4 Å². The largest absolute Gasteiger partial charge is 0.399 e. The minimum atomic E-state index is -3.56. The number of anilines is 1. The Labute approximate surface area is 134 Å². The molecule has 0 aliphatic carbocycles. The SMILES string of the molecule is CC(C)N(Cc1cccc(N)c1)S(=O)(=O)c1ccc(Cl)s1. The highest BCUT2D eigenvalue weighted by Crippen LogP contribution is 2.30. The number of nitrogen functional groups attached to an aromatic ring is 1. The van der Waals surface area contributed by atoms with E-state index in [0.717, 1.165) is 16.9 Å².